The zero-order valence-corrected chi connectivity index (χ0v) is 12.6. The molecule has 0 bridgehead atoms. The summed E-state index contributed by atoms with van der Waals surface area (Å²) < 4.78 is 0. The van der Waals surface area contributed by atoms with E-state index in [1.165, 1.54) is 22.3 Å². The van der Waals surface area contributed by atoms with Crippen LogP contribution in [-0.2, 0) is 0 Å². The summed E-state index contributed by atoms with van der Waals surface area (Å²) in [5.74, 6) is 0.244. The molecule has 1 unspecified atom stereocenters. The van der Waals surface area contributed by atoms with Crippen LogP contribution >= 0.6 is 11.6 Å². The molecule has 0 aromatic heterocycles. The van der Waals surface area contributed by atoms with Crippen LogP contribution in [0.5, 0.6) is 0 Å². The Bertz CT molecular complexity index is 566. The fraction of sp³-hybridized carbons (Fsp3) is 0.294. The van der Waals surface area contributed by atoms with Crippen LogP contribution in [0.1, 0.15) is 11.1 Å². The van der Waals surface area contributed by atoms with Crippen molar-refractivity contribution in [1.29, 1.82) is 0 Å². The molecule has 0 radical (unpaired) electrons. The summed E-state index contributed by atoms with van der Waals surface area (Å²) >= 11 is 5.56. The lowest BCUT2D eigenvalue weighted by Crippen LogP contribution is -2.20. The van der Waals surface area contributed by atoms with Gasteiger partial charge in [0.1, 0.15) is 0 Å². The predicted molar refractivity (Wildman–Crippen MR) is 86.6 cm³/mol. The normalized spacial score (nSPS) is 12.2. The number of aryl methyl sites for hydroxylation is 2. The van der Waals surface area contributed by atoms with Crippen molar-refractivity contribution in [2.75, 3.05) is 17.7 Å². The van der Waals surface area contributed by atoms with Crippen molar-refractivity contribution in [3.05, 3.63) is 53.6 Å². The molecular weight excluding hydrogens is 270 g/mol. The molecule has 0 amide bonds. The van der Waals surface area contributed by atoms with Gasteiger partial charge in [-0.3, -0.25) is 0 Å². The largest absolute Gasteiger partial charge is 0.390 e. The molecule has 0 saturated heterocycles. The van der Waals surface area contributed by atoms with Gasteiger partial charge < -0.3 is 10.4 Å². The van der Waals surface area contributed by atoms with E-state index in [9.17, 15) is 5.11 Å². The van der Waals surface area contributed by atoms with Gasteiger partial charge in [0.05, 0.1) is 12.0 Å². The average Bonchev–Trinajstić information content (AvgIpc) is 2.48. The number of aliphatic hydroxyl groups is 1. The maximum Gasteiger partial charge on any atom is 0.0847 e. The van der Waals surface area contributed by atoms with E-state index in [0.29, 0.717) is 6.54 Å². The summed E-state index contributed by atoms with van der Waals surface area (Å²) in [5, 5.41) is 12.6. The van der Waals surface area contributed by atoms with Gasteiger partial charge in [-0.1, -0.05) is 30.3 Å². The Kier molecular flexibility index (Phi) is 5.05. The van der Waals surface area contributed by atoms with Crippen molar-refractivity contribution < 1.29 is 5.11 Å². The number of hydrogen-bond acceptors (Lipinski definition) is 2. The zero-order valence-electron chi connectivity index (χ0n) is 11.9. The second-order valence-electron chi connectivity index (χ2n) is 5.07. The Balaban J connectivity index is 2.09. The number of alkyl halides is 1. The van der Waals surface area contributed by atoms with Crippen molar-refractivity contribution in [3.63, 3.8) is 0 Å². The van der Waals surface area contributed by atoms with Gasteiger partial charge in [-0.25, -0.2) is 0 Å². The number of halogens is 1. The number of anilines is 1. The van der Waals surface area contributed by atoms with Crippen molar-refractivity contribution in [1.82, 2.24) is 0 Å². The molecule has 2 rings (SSSR count). The second kappa shape index (κ2) is 6.78. The van der Waals surface area contributed by atoms with E-state index in [1.54, 1.807) is 0 Å². The summed E-state index contributed by atoms with van der Waals surface area (Å²) in [5.41, 5.74) is 6.01. The molecule has 0 heterocycles. The topological polar surface area (TPSA) is 32.3 Å². The highest BCUT2D eigenvalue weighted by atomic mass is 35.5. The van der Waals surface area contributed by atoms with Gasteiger partial charge in [-0.15, -0.1) is 11.6 Å². The molecule has 0 saturated carbocycles. The van der Waals surface area contributed by atoms with E-state index in [2.05, 4.69) is 49.5 Å². The van der Waals surface area contributed by atoms with E-state index >= 15 is 0 Å². The van der Waals surface area contributed by atoms with Crippen LogP contribution in [0, 0.1) is 13.8 Å². The quantitative estimate of drug-likeness (QED) is 0.816. The van der Waals surface area contributed by atoms with Crippen LogP contribution in [0.25, 0.3) is 11.1 Å². The standard InChI is InChI=1S/C17H20ClNO/c1-12-3-4-15(9-13(12)2)14-5-7-16(8-6-14)19-11-17(20)10-18/h3-9,17,19-20H,10-11H2,1-2H3. The first-order valence-corrected chi connectivity index (χ1v) is 7.29. The van der Waals surface area contributed by atoms with Crippen molar-refractivity contribution in [3.8, 4) is 11.1 Å². The summed E-state index contributed by atoms with van der Waals surface area (Å²) in [6, 6.07) is 14.7. The minimum Gasteiger partial charge on any atom is -0.390 e. The van der Waals surface area contributed by atoms with E-state index in [4.69, 9.17) is 11.6 Å². The Morgan fingerprint density at radius 1 is 1.00 bits per heavy atom. The third-order valence-electron chi connectivity index (χ3n) is 3.45. The minimum absolute atomic E-state index is 0.244. The SMILES string of the molecule is Cc1ccc(-c2ccc(NCC(O)CCl)cc2)cc1C. The lowest BCUT2D eigenvalue weighted by molar-refractivity contribution is 0.211. The highest BCUT2D eigenvalue weighted by Gasteiger charge is 2.03. The van der Waals surface area contributed by atoms with Gasteiger partial charge in [-0.05, 0) is 48.2 Å². The second-order valence-corrected chi connectivity index (χ2v) is 5.37. The molecule has 0 aliphatic heterocycles. The number of benzene rings is 2. The number of hydrogen-bond donors (Lipinski definition) is 2. The number of aliphatic hydroxyl groups excluding tert-OH is 1. The van der Waals surface area contributed by atoms with Crippen LogP contribution in [0.3, 0.4) is 0 Å². The molecular formula is C17H20ClNO. The van der Waals surface area contributed by atoms with Gasteiger partial charge >= 0.3 is 0 Å². The van der Waals surface area contributed by atoms with Crippen LogP contribution in [0.15, 0.2) is 42.5 Å². The molecule has 2 nitrogen and oxygen atoms in total. The smallest absolute Gasteiger partial charge is 0.0847 e. The monoisotopic (exact) mass is 289 g/mol. The van der Waals surface area contributed by atoms with Crippen LogP contribution in [0.4, 0.5) is 5.69 Å². The van der Waals surface area contributed by atoms with Crippen LogP contribution < -0.4 is 5.32 Å². The number of rotatable bonds is 5. The summed E-state index contributed by atoms with van der Waals surface area (Å²) in [6.07, 6.45) is -0.518. The van der Waals surface area contributed by atoms with Crippen molar-refractivity contribution in [2.24, 2.45) is 0 Å². The third kappa shape index (κ3) is 3.75. The molecule has 0 fully saturated rings. The van der Waals surface area contributed by atoms with Gasteiger partial charge in [0.25, 0.3) is 0 Å². The van der Waals surface area contributed by atoms with E-state index in [-0.39, 0.29) is 5.88 Å². The first-order valence-electron chi connectivity index (χ1n) is 6.75. The molecule has 2 N–H and O–H groups in total. The summed E-state index contributed by atoms with van der Waals surface area (Å²) in [4.78, 5) is 0. The Hall–Kier alpha value is -1.51. The molecule has 2 aromatic carbocycles. The molecule has 106 valence electrons. The van der Waals surface area contributed by atoms with E-state index in [0.717, 1.165) is 5.69 Å². The molecule has 20 heavy (non-hydrogen) atoms. The average molecular weight is 290 g/mol. The molecule has 0 spiro atoms. The fourth-order valence-electron chi connectivity index (χ4n) is 1.99. The van der Waals surface area contributed by atoms with Gasteiger partial charge in [0.15, 0.2) is 0 Å². The van der Waals surface area contributed by atoms with Gasteiger partial charge in [0, 0.05) is 12.2 Å². The molecule has 1 atom stereocenters. The van der Waals surface area contributed by atoms with E-state index < -0.39 is 6.10 Å². The van der Waals surface area contributed by atoms with Crippen LogP contribution in [-0.4, -0.2) is 23.6 Å². The summed E-state index contributed by atoms with van der Waals surface area (Å²) in [6.45, 7) is 4.71. The molecule has 3 heteroatoms. The first-order chi connectivity index (χ1) is 9.60. The lowest BCUT2D eigenvalue weighted by atomic mass is 10.0. The van der Waals surface area contributed by atoms with Gasteiger partial charge in [0.2, 0.25) is 0 Å². The van der Waals surface area contributed by atoms with Crippen molar-refractivity contribution in [2.45, 2.75) is 20.0 Å². The molecule has 0 aliphatic carbocycles. The maximum atomic E-state index is 9.41. The lowest BCUT2D eigenvalue weighted by Gasteiger charge is -2.11. The molecule has 0 aliphatic rings. The number of nitrogens with one attached hydrogen (secondary N) is 1. The van der Waals surface area contributed by atoms with Gasteiger partial charge in [-0.2, -0.15) is 0 Å². The Morgan fingerprint density at radius 3 is 2.25 bits per heavy atom. The first kappa shape index (κ1) is 14.9. The maximum absolute atomic E-state index is 9.41. The third-order valence-corrected chi connectivity index (χ3v) is 3.80. The predicted octanol–water partition coefficient (Wildman–Crippen LogP) is 3.98. The minimum atomic E-state index is -0.518. The van der Waals surface area contributed by atoms with E-state index in [1.807, 2.05) is 12.1 Å². The highest BCUT2D eigenvalue weighted by Crippen LogP contribution is 2.23. The van der Waals surface area contributed by atoms with Crippen LogP contribution in [0.2, 0.25) is 0 Å². The Labute approximate surface area is 125 Å². The Morgan fingerprint density at radius 2 is 1.65 bits per heavy atom. The zero-order chi connectivity index (χ0) is 14.5. The highest BCUT2D eigenvalue weighted by molar-refractivity contribution is 6.18. The fourth-order valence-corrected chi connectivity index (χ4v) is 2.10. The summed E-state index contributed by atoms with van der Waals surface area (Å²) in [7, 11) is 0. The molecule has 2 aromatic rings. The van der Waals surface area contributed by atoms with Crippen molar-refractivity contribution >= 4 is 17.3 Å².